The van der Waals surface area contributed by atoms with Gasteiger partial charge in [-0.05, 0) is 29.2 Å². The first-order valence-electron chi connectivity index (χ1n) is 12.7. The van der Waals surface area contributed by atoms with E-state index in [4.69, 9.17) is 9.47 Å². The van der Waals surface area contributed by atoms with Gasteiger partial charge in [-0.1, -0.05) is 78.9 Å². The van der Waals surface area contributed by atoms with Gasteiger partial charge in [-0.15, -0.1) is 0 Å². The molecule has 0 aliphatic carbocycles. The summed E-state index contributed by atoms with van der Waals surface area (Å²) < 4.78 is 13.0. The summed E-state index contributed by atoms with van der Waals surface area (Å²) in [4.78, 5) is 13.8. The highest BCUT2D eigenvalue weighted by Crippen LogP contribution is 2.41. The first-order valence-corrected chi connectivity index (χ1v) is 12.7. The standard InChI is InChI=1S/C30H34NO4.BrH/c32-29(30(33,25-11-4-1-5-12-25)26-13-6-2-7-14-26)35-28-23-24-17-20-31(28,21-18-24)19-10-22-34-27-15-8-3-9-16-27;/h1-9,11-16,24,28,33H,10,17-23H2;1H/q+1;/p-1/t24?,28-,31?;/m1./s1. The van der Waals surface area contributed by atoms with Crippen molar-refractivity contribution in [3.63, 3.8) is 0 Å². The van der Waals surface area contributed by atoms with E-state index in [2.05, 4.69) is 0 Å². The molecular formula is C30H34BrNO4. The molecule has 1 N–H and O–H groups in total. The number of aliphatic hydroxyl groups is 1. The van der Waals surface area contributed by atoms with Crippen molar-refractivity contribution < 1.29 is 40.8 Å². The lowest BCUT2D eigenvalue weighted by Gasteiger charge is -2.53. The summed E-state index contributed by atoms with van der Waals surface area (Å²) in [5, 5.41) is 11.8. The van der Waals surface area contributed by atoms with Gasteiger partial charge in [-0.3, -0.25) is 4.48 Å². The fourth-order valence-electron chi connectivity index (χ4n) is 5.75. The molecule has 3 aromatic carbocycles. The number of carbonyl (C=O) groups excluding carboxylic acids is 1. The summed E-state index contributed by atoms with van der Waals surface area (Å²) in [6, 6.07) is 28.1. The monoisotopic (exact) mass is 551 g/mol. The molecule has 3 aliphatic rings. The number of halogens is 1. The Morgan fingerprint density at radius 2 is 1.39 bits per heavy atom. The van der Waals surface area contributed by atoms with Crippen molar-refractivity contribution in [3.05, 3.63) is 102 Å². The molecule has 0 unspecified atom stereocenters. The highest BCUT2D eigenvalue weighted by Gasteiger charge is 2.52. The topological polar surface area (TPSA) is 55.8 Å². The number of carbonyl (C=O) groups is 1. The van der Waals surface area contributed by atoms with Crippen LogP contribution in [0.2, 0.25) is 0 Å². The number of ether oxygens (including phenoxy) is 2. The molecule has 3 saturated heterocycles. The van der Waals surface area contributed by atoms with E-state index in [-0.39, 0.29) is 23.2 Å². The van der Waals surface area contributed by atoms with Crippen LogP contribution in [-0.4, -0.2) is 48.0 Å². The van der Waals surface area contributed by atoms with Crippen molar-refractivity contribution in [1.82, 2.24) is 0 Å². The Morgan fingerprint density at radius 3 is 1.94 bits per heavy atom. The fraction of sp³-hybridized carbons (Fsp3) is 0.367. The predicted molar refractivity (Wildman–Crippen MR) is 135 cm³/mol. The molecule has 190 valence electrons. The Kier molecular flexibility index (Phi) is 8.50. The maximum atomic E-state index is 13.8. The molecule has 2 bridgehead atoms. The smallest absolute Gasteiger partial charge is 0.352 e. The molecule has 3 aromatic rings. The molecule has 0 amide bonds. The van der Waals surface area contributed by atoms with E-state index in [1.165, 1.54) is 0 Å². The highest BCUT2D eigenvalue weighted by atomic mass is 79.9. The Labute approximate surface area is 224 Å². The van der Waals surface area contributed by atoms with Gasteiger partial charge in [0.25, 0.3) is 0 Å². The highest BCUT2D eigenvalue weighted by molar-refractivity contribution is 5.85. The summed E-state index contributed by atoms with van der Waals surface area (Å²) in [5.74, 6) is 0.865. The molecule has 0 radical (unpaired) electrons. The summed E-state index contributed by atoms with van der Waals surface area (Å²) in [7, 11) is 0. The molecule has 6 heteroatoms. The number of hydrogen-bond acceptors (Lipinski definition) is 4. The molecule has 0 saturated carbocycles. The molecule has 36 heavy (non-hydrogen) atoms. The normalized spacial score (nSPS) is 22.9. The second-order valence-electron chi connectivity index (χ2n) is 9.89. The van der Waals surface area contributed by atoms with Crippen LogP contribution < -0.4 is 21.7 Å². The van der Waals surface area contributed by atoms with Crippen LogP contribution in [0.5, 0.6) is 5.75 Å². The first kappa shape index (κ1) is 26.4. The zero-order valence-corrected chi connectivity index (χ0v) is 22.1. The molecule has 6 rings (SSSR count). The number of para-hydroxylation sites is 1. The number of esters is 1. The maximum absolute atomic E-state index is 13.8. The van der Waals surface area contributed by atoms with E-state index in [1.807, 2.05) is 66.7 Å². The van der Waals surface area contributed by atoms with Crippen LogP contribution in [0.25, 0.3) is 0 Å². The number of piperidine rings is 3. The second-order valence-corrected chi connectivity index (χ2v) is 9.89. The van der Waals surface area contributed by atoms with Crippen molar-refractivity contribution in [1.29, 1.82) is 0 Å². The average Bonchev–Trinajstić information content (AvgIpc) is 2.93. The van der Waals surface area contributed by atoms with E-state index in [0.717, 1.165) is 55.6 Å². The molecule has 1 atom stereocenters. The van der Waals surface area contributed by atoms with Gasteiger partial charge in [-0.25, -0.2) is 4.79 Å². The molecule has 5 nitrogen and oxygen atoms in total. The lowest BCUT2D eigenvalue weighted by Crippen LogP contribution is -3.00. The number of nitrogens with zero attached hydrogens (tertiary/aromatic N) is 1. The van der Waals surface area contributed by atoms with Crippen molar-refractivity contribution in [2.24, 2.45) is 5.92 Å². The second kappa shape index (κ2) is 11.6. The van der Waals surface area contributed by atoms with Crippen LogP contribution in [-0.2, 0) is 15.1 Å². The van der Waals surface area contributed by atoms with Crippen molar-refractivity contribution in [3.8, 4) is 5.75 Å². The third-order valence-corrected chi connectivity index (χ3v) is 7.79. The lowest BCUT2D eigenvalue weighted by atomic mass is 9.83. The van der Waals surface area contributed by atoms with E-state index in [1.54, 1.807) is 24.3 Å². The largest absolute Gasteiger partial charge is 1.00 e. The van der Waals surface area contributed by atoms with Crippen LogP contribution >= 0.6 is 0 Å². The zero-order valence-electron chi connectivity index (χ0n) is 20.5. The lowest BCUT2D eigenvalue weighted by molar-refractivity contribution is -0.984. The van der Waals surface area contributed by atoms with Gasteiger partial charge in [-0.2, -0.15) is 0 Å². The van der Waals surface area contributed by atoms with Crippen molar-refractivity contribution in [2.45, 2.75) is 37.5 Å². The van der Waals surface area contributed by atoms with Crippen molar-refractivity contribution in [2.75, 3.05) is 26.2 Å². The van der Waals surface area contributed by atoms with Gasteiger partial charge in [0.1, 0.15) is 5.75 Å². The van der Waals surface area contributed by atoms with E-state index in [0.29, 0.717) is 23.7 Å². The summed E-state index contributed by atoms with van der Waals surface area (Å²) in [5.41, 5.74) is -0.800. The fourth-order valence-corrected chi connectivity index (χ4v) is 5.75. The van der Waals surface area contributed by atoms with Crippen LogP contribution in [0.4, 0.5) is 0 Å². The van der Waals surface area contributed by atoms with Crippen LogP contribution in [0.1, 0.15) is 36.8 Å². The third kappa shape index (κ3) is 5.36. The van der Waals surface area contributed by atoms with Gasteiger partial charge in [0.2, 0.25) is 11.8 Å². The number of hydrogen-bond donors (Lipinski definition) is 1. The zero-order chi connectivity index (χ0) is 24.1. The Balaban J connectivity index is 0.00000304. The minimum absolute atomic E-state index is 0. The van der Waals surface area contributed by atoms with Gasteiger partial charge in [0.15, 0.2) is 0 Å². The summed E-state index contributed by atoms with van der Waals surface area (Å²) >= 11 is 0. The summed E-state index contributed by atoms with van der Waals surface area (Å²) in [6.45, 7) is 3.53. The predicted octanol–water partition coefficient (Wildman–Crippen LogP) is 1.90. The number of benzene rings is 3. The molecule has 3 aliphatic heterocycles. The summed E-state index contributed by atoms with van der Waals surface area (Å²) in [6.07, 6.45) is 3.82. The minimum Gasteiger partial charge on any atom is -1.00 e. The average molecular weight is 553 g/mol. The minimum atomic E-state index is -1.85. The first-order chi connectivity index (χ1) is 17.1. The van der Waals surface area contributed by atoms with E-state index < -0.39 is 11.6 Å². The number of rotatable bonds is 9. The maximum Gasteiger partial charge on any atom is 0.352 e. The Morgan fingerprint density at radius 1 is 0.861 bits per heavy atom. The third-order valence-electron chi connectivity index (χ3n) is 7.79. The Hall–Kier alpha value is -2.67. The van der Waals surface area contributed by atoms with Gasteiger partial charge in [0.05, 0.1) is 26.2 Å². The molecule has 3 fully saturated rings. The van der Waals surface area contributed by atoms with Gasteiger partial charge < -0.3 is 31.6 Å². The van der Waals surface area contributed by atoms with Gasteiger partial charge >= 0.3 is 5.97 Å². The Bertz CT molecular complexity index is 1060. The van der Waals surface area contributed by atoms with Gasteiger partial charge in [0, 0.05) is 25.7 Å². The molecule has 0 spiro atoms. The SMILES string of the molecule is O=C(O[C@@H]1CC2CC[N+]1(CCCOc1ccccc1)CC2)C(O)(c1ccccc1)c1ccccc1.[Br-]. The van der Waals surface area contributed by atoms with E-state index in [9.17, 15) is 9.90 Å². The molecule has 0 aromatic heterocycles. The van der Waals surface area contributed by atoms with Crippen molar-refractivity contribution >= 4 is 5.97 Å². The quantitative estimate of drug-likeness (QED) is 0.251. The van der Waals surface area contributed by atoms with Crippen LogP contribution in [0, 0.1) is 5.92 Å². The number of fused-ring (bicyclic) bond motifs is 3. The van der Waals surface area contributed by atoms with Crippen LogP contribution in [0.3, 0.4) is 0 Å². The molecular weight excluding hydrogens is 518 g/mol. The molecule has 3 heterocycles. The van der Waals surface area contributed by atoms with Crippen LogP contribution in [0.15, 0.2) is 91.0 Å². The van der Waals surface area contributed by atoms with E-state index >= 15 is 0 Å². The number of quaternary nitrogens is 1.